The maximum atomic E-state index is 11.4. The zero-order chi connectivity index (χ0) is 16.3. The van der Waals surface area contributed by atoms with Crippen LogP contribution in [-0.2, 0) is 9.53 Å². The Hall–Kier alpha value is -0.730. The molecule has 7 heteroatoms. The maximum Gasteiger partial charge on any atom is 0.308 e. The molecule has 0 amide bonds. The Morgan fingerprint density at radius 3 is 2.10 bits per heavy atom. The number of rotatable bonds is 12. The summed E-state index contributed by atoms with van der Waals surface area (Å²) in [6.45, 7) is 1.34. The monoisotopic (exact) mass is 308 g/mol. The number of aliphatic hydroxyl groups is 5. The van der Waals surface area contributed by atoms with Crippen LogP contribution in [0.15, 0.2) is 0 Å². The van der Waals surface area contributed by atoms with Gasteiger partial charge in [0.1, 0.15) is 18.3 Å². The molecule has 0 radical (unpaired) electrons. The first-order valence-electron chi connectivity index (χ1n) is 7.46. The molecule has 0 heterocycles. The van der Waals surface area contributed by atoms with E-state index in [0.717, 1.165) is 25.7 Å². The Balaban J connectivity index is 3.87. The minimum Gasteiger partial charge on any atom is -0.433 e. The Labute approximate surface area is 125 Å². The lowest BCUT2D eigenvalue weighted by Crippen LogP contribution is -2.47. The molecule has 0 bridgehead atoms. The van der Waals surface area contributed by atoms with Gasteiger partial charge in [-0.25, -0.2) is 0 Å². The highest BCUT2D eigenvalue weighted by Crippen LogP contribution is 2.10. The molecule has 0 aromatic rings. The number of aliphatic hydroxyl groups excluding tert-OH is 5. The molecule has 4 atom stereocenters. The van der Waals surface area contributed by atoms with E-state index in [0.29, 0.717) is 6.42 Å². The third-order valence-electron chi connectivity index (χ3n) is 3.21. The Morgan fingerprint density at radius 1 is 0.952 bits per heavy atom. The molecule has 0 aliphatic carbocycles. The zero-order valence-corrected chi connectivity index (χ0v) is 12.5. The lowest BCUT2D eigenvalue weighted by molar-refractivity contribution is -0.209. The SMILES string of the molecule is CCCCCCCCC(=O)OC(O)[C@@H](O)[C@H](O)[C@H](O)CO. The van der Waals surface area contributed by atoms with Gasteiger partial charge in [0.25, 0.3) is 0 Å². The summed E-state index contributed by atoms with van der Waals surface area (Å²) in [5.74, 6) is -0.678. The summed E-state index contributed by atoms with van der Waals surface area (Å²) >= 11 is 0. The fourth-order valence-electron chi connectivity index (χ4n) is 1.82. The van der Waals surface area contributed by atoms with E-state index in [2.05, 4.69) is 11.7 Å². The van der Waals surface area contributed by atoms with Crippen LogP contribution >= 0.6 is 0 Å². The van der Waals surface area contributed by atoms with Crippen molar-refractivity contribution < 1.29 is 35.1 Å². The molecule has 0 aliphatic heterocycles. The minimum absolute atomic E-state index is 0.120. The van der Waals surface area contributed by atoms with E-state index in [4.69, 9.17) is 10.2 Å². The molecule has 5 N–H and O–H groups in total. The second kappa shape index (κ2) is 11.9. The molecule has 126 valence electrons. The molecule has 21 heavy (non-hydrogen) atoms. The van der Waals surface area contributed by atoms with E-state index in [1.807, 2.05) is 0 Å². The summed E-state index contributed by atoms with van der Waals surface area (Å²) < 4.78 is 4.57. The van der Waals surface area contributed by atoms with Gasteiger partial charge in [0, 0.05) is 6.42 Å². The summed E-state index contributed by atoms with van der Waals surface area (Å²) in [5.41, 5.74) is 0. The predicted molar refractivity (Wildman–Crippen MR) is 75.2 cm³/mol. The van der Waals surface area contributed by atoms with Crippen molar-refractivity contribution in [3.8, 4) is 0 Å². The number of ether oxygens (including phenoxy) is 1. The zero-order valence-electron chi connectivity index (χ0n) is 12.5. The molecule has 0 saturated heterocycles. The van der Waals surface area contributed by atoms with E-state index in [-0.39, 0.29) is 6.42 Å². The third kappa shape index (κ3) is 9.00. The van der Waals surface area contributed by atoms with Gasteiger partial charge in [0.15, 0.2) is 0 Å². The van der Waals surface area contributed by atoms with Crippen molar-refractivity contribution in [2.24, 2.45) is 0 Å². The molecule has 0 fully saturated rings. The van der Waals surface area contributed by atoms with Gasteiger partial charge in [-0.3, -0.25) is 4.79 Å². The van der Waals surface area contributed by atoms with Gasteiger partial charge < -0.3 is 30.3 Å². The van der Waals surface area contributed by atoms with Crippen molar-refractivity contribution in [1.82, 2.24) is 0 Å². The van der Waals surface area contributed by atoms with Crippen LogP contribution in [0, 0.1) is 0 Å². The molecule has 0 saturated carbocycles. The molecule has 7 nitrogen and oxygen atoms in total. The van der Waals surface area contributed by atoms with Crippen molar-refractivity contribution in [2.75, 3.05) is 6.61 Å². The molecule has 0 aromatic carbocycles. The quantitative estimate of drug-likeness (QED) is 0.190. The van der Waals surface area contributed by atoms with Crippen molar-refractivity contribution >= 4 is 5.97 Å². The Bertz CT molecular complexity index is 272. The second-order valence-corrected chi connectivity index (χ2v) is 5.13. The van der Waals surface area contributed by atoms with Gasteiger partial charge in [0.2, 0.25) is 6.29 Å². The smallest absolute Gasteiger partial charge is 0.308 e. The van der Waals surface area contributed by atoms with E-state index >= 15 is 0 Å². The van der Waals surface area contributed by atoms with E-state index in [9.17, 15) is 20.1 Å². The van der Waals surface area contributed by atoms with Crippen LogP contribution in [0.4, 0.5) is 0 Å². The van der Waals surface area contributed by atoms with Gasteiger partial charge >= 0.3 is 5.97 Å². The highest BCUT2D eigenvalue weighted by atomic mass is 16.6. The van der Waals surface area contributed by atoms with E-state index in [1.54, 1.807) is 0 Å². The number of esters is 1. The van der Waals surface area contributed by atoms with Gasteiger partial charge in [-0.05, 0) is 6.42 Å². The molecular formula is C14H28O7. The van der Waals surface area contributed by atoms with Gasteiger partial charge in [-0.15, -0.1) is 0 Å². The summed E-state index contributed by atoms with van der Waals surface area (Å²) in [6.07, 6.45) is -1.12. The highest BCUT2D eigenvalue weighted by Gasteiger charge is 2.32. The number of unbranched alkanes of at least 4 members (excludes halogenated alkanes) is 5. The first kappa shape index (κ1) is 20.3. The molecular weight excluding hydrogens is 280 g/mol. The molecule has 0 rings (SSSR count). The predicted octanol–water partition coefficient (Wildman–Crippen LogP) is -0.326. The first-order valence-corrected chi connectivity index (χ1v) is 7.46. The fourth-order valence-corrected chi connectivity index (χ4v) is 1.82. The Kier molecular flexibility index (Phi) is 11.5. The first-order chi connectivity index (χ1) is 9.93. The van der Waals surface area contributed by atoms with Crippen molar-refractivity contribution in [3.63, 3.8) is 0 Å². The van der Waals surface area contributed by atoms with E-state index in [1.165, 1.54) is 6.42 Å². The molecule has 0 aromatic heterocycles. The lowest BCUT2D eigenvalue weighted by atomic mass is 10.1. The molecule has 0 aliphatic rings. The van der Waals surface area contributed by atoms with Crippen molar-refractivity contribution in [1.29, 1.82) is 0 Å². The number of carbonyl (C=O) groups excluding carboxylic acids is 1. The number of hydrogen-bond acceptors (Lipinski definition) is 7. The lowest BCUT2D eigenvalue weighted by Gasteiger charge is -2.25. The summed E-state index contributed by atoms with van der Waals surface area (Å²) in [5, 5.41) is 46.0. The topological polar surface area (TPSA) is 127 Å². The number of carbonyl (C=O) groups is 1. The average molecular weight is 308 g/mol. The van der Waals surface area contributed by atoms with Crippen LogP contribution in [-0.4, -0.2) is 62.7 Å². The van der Waals surface area contributed by atoms with Crippen LogP contribution in [0.5, 0.6) is 0 Å². The minimum atomic E-state index is -1.94. The molecule has 0 spiro atoms. The third-order valence-corrected chi connectivity index (χ3v) is 3.21. The summed E-state index contributed by atoms with van der Waals surface area (Å²) in [7, 11) is 0. The van der Waals surface area contributed by atoms with Gasteiger partial charge in [0.05, 0.1) is 6.61 Å². The molecule has 1 unspecified atom stereocenters. The second-order valence-electron chi connectivity index (χ2n) is 5.13. The van der Waals surface area contributed by atoms with Crippen LogP contribution in [0.3, 0.4) is 0 Å². The van der Waals surface area contributed by atoms with Crippen LogP contribution in [0.1, 0.15) is 51.9 Å². The van der Waals surface area contributed by atoms with Crippen LogP contribution in [0.2, 0.25) is 0 Å². The van der Waals surface area contributed by atoms with Crippen molar-refractivity contribution in [2.45, 2.75) is 76.5 Å². The Morgan fingerprint density at radius 2 is 1.52 bits per heavy atom. The maximum absolute atomic E-state index is 11.4. The highest BCUT2D eigenvalue weighted by molar-refractivity contribution is 5.69. The fraction of sp³-hybridized carbons (Fsp3) is 0.929. The average Bonchev–Trinajstić information content (AvgIpc) is 2.48. The summed E-state index contributed by atoms with van der Waals surface area (Å²) in [4.78, 5) is 11.4. The number of hydrogen-bond donors (Lipinski definition) is 5. The summed E-state index contributed by atoms with van der Waals surface area (Å²) in [6, 6.07) is 0. The normalized spacial score (nSPS) is 17.0. The standard InChI is InChI=1S/C14H28O7/c1-2-3-4-5-6-7-8-11(17)21-14(20)13(19)12(18)10(16)9-15/h10,12-16,18-20H,2-9H2,1H3/t10-,12-,13+,14?/m1/s1. The van der Waals surface area contributed by atoms with Crippen molar-refractivity contribution in [3.05, 3.63) is 0 Å². The largest absolute Gasteiger partial charge is 0.433 e. The van der Waals surface area contributed by atoms with Crippen LogP contribution < -0.4 is 0 Å². The van der Waals surface area contributed by atoms with E-state index < -0.39 is 37.2 Å². The van der Waals surface area contributed by atoms with Gasteiger partial charge in [-0.2, -0.15) is 0 Å². The van der Waals surface area contributed by atoms with Crippen LogP contribution in [0.25, 0.3) is 0 Å². The van der Waals surface area contributed by atoms with Gasteiger partial charge in [-0.1, -0.05) is 39.0 Å².